The van der Waals surface area contributed by atoms with E-state index in [1.807, 2.05) is 84.1 Å². The van der Waals surface area contributed by atoms with Gasteiger partial charge in [0.2, 0.25) is 5.91 Å². The molecule has 1 aliphatic heterocycles. The lowest BCUT2D eigenvalue weighted by Gasteiger charge is -2.28. The fourth-order valence-electron chi connectivity index (χ4n) is 4.90. The number of pyridine rings is 1. The van der Waals surface area contributed by atoms with Crippen LogP contribution in [0.3, 0.4) is 0 Å². The first kappa shape index (κ1) is 26.1. The summed E-state index contributed by atoms with van der Waals surface area (Å²) in [5.74, 6) is -0.111. The SMILES string of the molecule is Cc1ccc(C)c(NC(=O)CCN2C(=S)NC(c3ccccn3)C2c2cccn2-c2cccc([N+](=O)[O-])c2)c1. The molecule has 0 bridgehead atoms. The predicted octanol–water partition coefficient (Wildman–Crippen LogP) is 5.40. The minimum Gasteiger partial charge on any atom is -0.352 e. The number of carbonyl (C=O) groups excluding carboxylic acids is 1. The zero-order valence-electron chi connectivity index (χ0n) is 21.6. The molecular formula is C29H28N6O3S. The van der Waals surface area contributed by atoms with E-state index in [0.717, 1.165) is 28.2 Å². The Morgan fingerprint density at radius 1 is 1.10 bits per heavy atom. The number of rotatable bonds is 8. The monoisotopic (exact) mass is 540 g/mol. The molecule has 2 aromatic carbocycles. The topological polar surface area (TPSA) is 105 Å². The fourth-order valence-corrected chi connectivity index (χ4v) is 5.23. The second kappa shape index (κ2) is 11.0. The van der Waals surface area contributed by atoms with Crippen LogP contribution in [0.2, 0.25) is 0 Å². The molecular weight excluding hydrogens is 512 g/mol. The number of carbonyl (C=O) groups is 1. The molecule has 0 spiro atoms. The molecule has 0 radical (unpaired) electrons. The van der Waals surface area contributed by atoms with Gasteiger partial charge in [0.05, 0.1) is 28.4 Å². The second-order valence-corrected chi connectivity index (χ2v) is 9.90. The maximum absolute atomic E-state index is 13.0. The van der Waals surface area contributed by atoms with Gasteiger partial charge in [-0.1, -0.05) is 24.3 Å². The lowest BCUT2D eigenvalue weighted by Crippen LogP contribution is -2.33. The van der Waals surface area contributed by atoms with Gasteiger partial charge in [-0.05, 0) is 73.6 Å². The van der Waals surface area contributed by atoms with E-state index >= 15 is 0 Å². The molecule has 4 aromatic rings. The summed E-state index contributed by atoms with van der Waals surface area (Å²) in [6, 6.07) is 21.5. The molecule has 3 heterocycles. The van der Waals surface area contributed by atoms with Crippen molar-refractivity contribution in [2.75, 3.05) is 11.9 Å². The molecule has 9 nitrogen and oxygen atoms in total. The van der Waals surface area contributed by atoms with Crippen molar-refractivity contribution in [1.29, 1.82) is 0 Å². The molecule has 1 amide bonds. The van der Waals surface area contributed by atoms with E-state index in [-0.39, 0.29) is 30.1 Å². The standard InChI is InChI=1S/C29H28N6O3S/c1-19-11-12-20(2)24(17-19)31-26(36)13-16-34-28(27(32-29(34)39)23-9-3-4-14-30-23)25-10-6-15-33(25)21-7-5-8-22(18-21)35(37)38/h3-12,14-15,17-18,27-28H,13,16H2,1-2H3,(H,31,36)(H,32,39). The van der Waals surface area contributed by atoms with Gasteiger partial charge >= 0.3 is 0 Å². The number of hydrogen-bond acceptors (Lipinski definition) is 5. The molecule has 198 valence electrons. The summed E-state index contributed by atoms with van der Waals surface area (Å²) in [6.07, 6.45) is 3.83. The van der Waals surface area contributed by atoms with E-state index in [1.54, 1.807) is 18.3 Å². The van der Waals surface area contributed by atoms with E-state index < -0.39 is 4.92 Å². The first-order valence-corrected chi connectivity index (χ1v) is 13.0. The van der Waals surface area contributed by atoms with Crippen LogP contribution in [-0.4, -0.2) is 36.9 Å². The third kappa shape index (κ3) is 5.51. The van der Waals surface area contributed by atoms with Crippen LogP contribution in [0.25, 0.3) is 5.69 Å². The highest BCUT2D eigenvalue weighted by Crippen LogP contribution is 2.39. The van der Waals surface area contributed by atoms with Crippen LogP contribution < -0.4 is 10.6 Å². The first-order valence-electron chi connectivity index (χ1n) is 12.6. The van der Waals surface area contributed by atoms with E-state index in [4.69, 9.17) is 12.2 Å². The van der Waals surface area contributed by atoms with Gasteiger partial charge in [-0.3, -0.25) is 19.9 Å². The summed E-state index contributed by atoms with van der Waals surface area (Å²) < 4.78 is 1.92. The van der Waals surface area contributed by atoms with Crippen molar-refractivity contribution in [1.82, 2.24) is 19.8 Å². The summed E-state index contributed by atoms with van der Waals surface area (Å²) in [6.45, 7) is 4.32. The smallest absolute Gasteiger partial charge is 0.271 e. The Hall–Kier alpha value is -4.57. The number of hydrogen-bond donors (Lipinski definition) is 2. The minimum atomic E-state index is -0.406. The van der Waals surface area contributed by atoms with Crippen LogP contribution in [0, 0.1) is 24.0 Å². The van der Waals surface area contributed by atoms with Crippen molar-refractivity contribution in [3.8, 4) is 5.69 Å². The molecule has 0 aliphatic carbocycles. The van der Waals surface area contributed by atoms with Crippen molar-refractivity contribution < 1.29 is 9.72 Å². The first-order chi connectivity index (χ1) is 18.8. The van der Waals surface area contributed by atoms with Gasteiger partial charge in [-0.25, -0.2) is 0 Å². The van der Waals surface area contributed by atoms with Crippen LogP contribution in [0.4, 0.5) is 11.4 Å². The molecule has 1 aliphatic rings. The van der Waals surface area contributed by atoms with Crippen molar-refractivity contribution in [2.24, 2.45) is 0 Å². The fraction of sp³-hybridized carbons (Fsp3) is 0.207. The Morgan fingerprint density at radius 2 is 1.95 bits per heavy atom. The number of nitro benzene ring substituents is 1. The summed E-state index contributed by atoms with van der Waals surface area (Å²) in [4.78, 5) is 30.6. The molecule has 2 aromatic heterocycles. The summed E-state index contributed by atoms with van der Waals surface area (Å²) in [7, 11) is 0. The number of aromatic nitrogens is 2. The Balaban J connectivity index is 1.46. The van der Waals surface area contributed by atoms with Gasteiger partial charge in [-0.2, -0.15) is 0 Å². The summed E-state index contributed by atoms with van der Waals surface area (Å²) >= 11 is 5.76. The highest BCUT2D eigenvalue weighted by atomic mass is 32.1. The van der Waals surface area contributed by atoms with Crippen LogP contribution >= 0.6 is 12.2 Å². The van der Waals surface area contributed by atoms with Crippen molar-refractivity contribution in [2.45, 2.75) is 32.4 Å². The molecule has 0 saturated carbocycles. The largest absolute Gasteiger partial charge is 0.352 e. The van der Waals surface area contributed by atoms with Gasteiger partial charge < -0.3 is 20.1 Å². The van der Waals surface area contributed by atoms with Crippen LogP contribution in [0.5, 0.6) is 0 Å². The molecule has 10 heteroatoms. The molecule has 1 saturated heterocycles. The van der Waals surface area contributed by atoms with E-state index in [2.05, 4.69) is 15.6 Å². The molecule has 2 N–H and O–H groups in total. The van der Waals surface area contributed by atoms with Gasteiger partial charge in [0.15, 0.2) is 5.11 Å². The number of benzene rings is 2. The number of non-ortho nitro benzene ring substituents is 1. The number of nitro groups is 1. The van der Waals surface area contributed by atoms with Crippen LogP contribution in [-0.2, 0) is 4.79 Å². The van der Waals surface area contributed by atoms with E-state index in [0.29, 0.717) is 17.3 Å². The third-order valence-corrected chi connectivity index (χ3v) is 7.20. The zero-order chi connectivity index (χ0) is 27.5. The van der Waals surface area contributed by atoms with E-state index in [9.17, 15) is 14.9 Å². The molecule has 2 atom stereocenters. The van der Waals surface area contributed by atoms with Gasteiger partial charge in [0.1, 0.15) is 0 Å². The second-order valence-electron chi connectivity index (χ2n) is 9.52. The lowest BCUT2D eigenvalue weighted by atomic mass is 10.0. The Labute approximate surface area is 231 Å². The molecule has 1 fully saturated rings. The van der Waals surface area contributed by atoms with Crippen molar-refractivity contribution in [3.63, 3.8) is 0 Å². The highest BCUT2D eigenvalue weighted by Gasteiger charge is 2.41. The minimum absolute atomic E-state index is 0.00784. The number of thiocarbonyl (C=S) groups is 1. The van der Waals surface area contributed by atoms with Gasteiger partial charge in [-0.15, -0.1) is 0 Å². The summed E-state index contributed by atoms with van der Waals surface area (Å²) in [5, 5.41) is 18.4. The summed E-state index contributed by atoms with van der Waals surface area (Å²) in [5.41, 5.74) is 5.20. The number of nitrogens with zero attached hydrogens (tertiary/aromatic N) is 4. The number of nitrogens with one attached hydrogen (secondary N) is 2. The van der Waals surface area contributed by atoms with Crippen LogP contribution in [0.1, 0.15) is 41.0 Å². The molecule has 5 rings (SSSR count). The maximum Gasteiger partial charge on any atom is 0.271 e. The normalized spacial score (nSPS) is 16.7. The Kier molecular flexibility index (Phi) is 7.38. The molecule has 39 heavy (non-hydrogen) atoms. The average molecular weight is 541 g/mol. The predicted molar refractivity (Wildman–Crippen MR) is 154 cm³/mol. The number of amides is 1. The Morgan fingerprint density at radius 3 is 2.72 bits per heavy atom. The highest BCUT2D eigenvalue weighted by molar-refractivity contribution is 7.80. The quantitative estimate of drug-likeness (QED) is 0.175. The van der Waals surface area contributed by atoms with Crippen molar-refractivity contribution >= 4 is 34.6 Å². The number of anilines is 1. The number of aryl methyl sites for hydroxylation is 2. The van der Waals surface area contributed by atoms with Crippen LogP contribution in [0.15, 0.2) is 85.2 Å². The molecule has 2 unspecified atom stereocenters. The van der Waals surface area contributed by atoms with Crippen molar-refractivity contribution in [3.05, 3.63) is 118 Å². The van der Waals surface area contributed by atoms with Gasteiger partial charge in [0, 0.05) is 48.9 Å². The lowest BCUT2D eigenvalue weighted by molar-refractivity contribution is -0.384. The Bertz CT molecular complexity index is 1540. The van der Waals surface area contributed by atoms with E-state index in [1.165, 1.54) is 6.07 Å². The third-order valence-electron chi connectivity index (χ3n) is 6.85. The van der Waals surface area contributed by atoms with Gasteiger partial charge in [0.25, 0.3) is 5.69 Å². The maximum atomic E-state index is 13.0. The average Bonchev–Trinajstić information content (AvgIpc) is 3.54. The zero-order valence-corrected chi connectivity index (χ0v) is 22.4.